The Morgan fingerprint density at radius 3 is 2.55 bits per heavy atom. The van der Waals surface area contributed by atoms with Crippen LogP contribution in [-0.2, 0) is 4.79 Å². The molecule has 0 aromatic carbocycles. The number of carbonyl (C=O) groups excluding carboxylic acids is 2. The van der Waals surface area contributed by atoms with Gasteiger partial charge in [-0.1, -0.05) is 0 Å². The number of nitrogens with zero attached hydrogens (tertiary/aromatic N) is 1. The molecule has 0 bridgehead atoms. The van der Waals surface area contributed by atoms with E-state index in [4.69, 9.17) is 4.74 Å². The second kappa shape index (κ2) is 5.70. The fraction of sp³-hybridized carbons (Fsp3) is 0.286. The quantitative estimate of drug-likeness (QED) is 0.880. The summed E-state index contributed by atoms with van der Waals surface area (Å²) < 4.78 is 43.3. The fourth-order valence-corrected chi connectivity index (χ4v) is 2.00. The van der Waals surface area contributed by atoms with E-state index in [9.17, 15) is 22.8 Å². The number of pyridine rings is 1. The molecule has 1 atom stereocenters. The van der Waals surface area contributed by atoms with E-state index in [1.165, 1.54) is 20.1 Å². The van der Waals surface area contributed by atoms with E-state index in [-0.39, 0.29) is 5.56 Å². The molecule has 2 aromatic rings. The molecule has 0 aliphatic carbocycles. The number of rotatable bonds is 4. The third kappa shape index (κ3) is 3.05. The monoisotopic (exact) mass is 314 g/mol. The number of halogens is 3. The Balaban J connectivity index is 2.24. The minimum Gasteiger partial charge on any atom is -0.495 e. The largest absolute Gasteiger partial charge is 0.495 e. The number of amides is 1. The summed E-state index contributed by atoms with van der Waals surface area (Å²) in [5.41, 5.74) is 0.733. The molecule has 0 saturated heterocycles. The molecule has 22 heavy (non-hydrogen) atoms. The number of Topliss-reactive ketones (excluding diaryl/α,β-unsaturated/α-hetero) is 1. The van der Waals surface area contributed by atoms with Crippen LogP contribution in [0.3, 0.4) is 0 Å². The summed E-state index contributed by atoms with van der Waals surface area (Å²) in [6, 6.07) is 3.44. The van der Waals surface area contributed by atoms with Gasteiger partial charge in [0.1, 0.15) is 5.75 Å². The molecular formula is C14H13F3N2O3. The maximum Gasteiger partial charge on any atom is 0.471 e. The summed E-state index contributed by atoms with van der Waals surface area (Å²) in [7, 11) is 1.49. The summed E-state index contributed by atoms with van der Waals surface area (Å²) in [6.07, 6.45) is -1.81. The highest BCUT2D eigenvalue weighted by Crippen LogP contribution is 2.20. The van der Waals surface area contributed by atoms with Crippen molar-refractivity contribution in [2.75, 3.05) is 7.11 Å². The van der Waals surface area contributed by atoms with Crippen molar-refractivity contribution in [3.8, 4) is 5.75 Å². The summed E-state index contributed by atoms with van der Waals surface area (Å²) >= 11 is 0. The third-order valence-corrected chi connectivity index (χ3v) is 3.13. The molecule has 0 radical (unpaired) electrons. The number of aromatic nitrogens is 1. The highest BCUT2D eigenvalue weighted by molar-refractivity contribution is 6.07. The number of ether oxygens (including phenoxy) is 1. The first-order valence-electron chi connectivity index (χ1n) is 6.30. The lowest BCUT2D eigenvalue weighted by Gasteiger charge is -2.14. The summed E-state index contributed by atoms with van der Waals surface area (Å²) in [4.78, 5) is 23.1. The number of methoxy groups -OCH3 is 1. The van der Waals surface area contributed by atoms with E-state index in [2.05, 4.69) is 0 Å². The van der Waals surface area contributed by atoms with Crippen molar-refractivity contribution in [3.63, 3.8) is 0 Å². The average Bonchev–Trinajstić information content (AvgIpc) is 2.87. The molecule has 5 nitrogen and oxygen atoms in total. The maximum atomic E-state index is 12.2. The zero-order valence-electron chi connectivity index (χ0n) is 11.8. The van der Waals surface area contributed by atoms with Crippen LogP contribution in [0.5, 0.6) is 5.75 Å². The van der Waals surface area contributed by atoms with Gasteiger partial charge in [0.15, 0.2) is 5.78 Å². The number of nitrogens with one attached hydrogen (secondary N) is 1. The SMILES string of the molecule is COc1ccc2c(C(=O)C(C)NC(=O)C(F)(F)F)ccn2c1. The van der Waals surface area contributed by atoms with Crippen molar-refractivity contribution < 1.29 is 27.5 Å². The normalized spacial score (nSPS) is 13.0. The van der Waals surface area contributed by atoms with Crippen molar-refractivity contribution in [3.05, 3.63) is 36.2 Å². The first-order valence-corrected chi connectivity index (χ1v) is 6.30. The smallest absolute Gasteiger partial charge is 0.471 e. The van der Waals surface area contributed by atoms with Gasteiger partial charge in [0.2, 0.25) is 0 Å². The molecule has 2 aromatic heterocycles. The van der Waals surface area contributed by atoms with Gasteiger partial charge in [0.25, 0.3) is 0 Å². The lowest BCUT2D eigenvalue weighted by molar-refractivity contribution is -0.173. The Hall–Kier alpha value is -2.51. The minimum atomic E-state index is -5.02. The van der Waals surface area contributed by atoms with Gasteiger partial charge in [0.05, 0.1) is 24.9 Å². The predicted octanol–water partition coefficient (Wildman–Crippen LogP) is 2.20. The van der Waals surface area contributed by atoms with Gasteiger partial charge in [-0.2, -0.15) is 13.2 Å². The minimum absolute atomic E-state index is 0.220. The van der Waals surface area contributed by atoms with Gasteiger partial charge in [-0.15, -0.1) is 0 Å². The lowest BCUT2D eigenvalue weighted by atomic mass is 10.1. The summed E-state index contributed by atoms with van der Waals surface area (Å²) in [5, 5.41) is 1.65. The Kier molecular flexibility index (Phi) is 4.11. The topological polar surface area (TPSA) is 59.8 Å². The van der Waals surface area contributed by atoms with Crippen LogP contribution in [0.15, 0.2) is 30.6 Å². The predicted molar refractivity (Wildman–Crippen MR) is 71.9 cm³/mol. The van der Waals surface area contributed by atoms with E-state index >= 15 is 0 Å². The zero-order chi connectivity index (χ0) is 16.5. The first kappa shape index (κ1) is 15.9. The molecule has 0 saturated carbocycles. The second-order valence-corrected chi connectivity index (χ2v) is 4.65. The van der Waals surface area contributed by atoms with E-state index in [0.717, 1.165) is 0 Å². The number of hydrogen-bond donors (Lipinski definition) is 1. The van der Waals surface area contributed by atoms with Gasteiger partial charge in [-0.05, 0) is 25.1 Å². The van der Waals surface area contributed by atoms with Crippen LogP contribution < -0.4 is 10.1 Å². The van der Waals surface area contributed by atoms with Gasteiger partial charge in [-0.25, -0.2) is 0 Å². The van der Waals surface area contributed by atoms with Gasteiger partial charge in [-0.3, -0.25) is 9.59 Å². The number of hydrogen-bond acceptors (Lipinski definition) is 3. The van der Waals surface area contributed by atoms with Crippen LogP contribution in [0.2, 0.25) is 0 Å². The van der Waals surface area contributed by atoms with E-state index < -0.39 is 23.9 Å². The first-order chi connectivity index (χ1) is 10.2. The average molecular weight is 314 g/mol. The Morgan fingerprint density at radius 1 is 1.27 bits per heavy atom. The molecule has 1 amide bonds. The van der Waals surface area contributed by atoms with Gasteiger partial charge in [0, 0.05) is 11.8 Å². The number of alkyl halides is 3. The summed E-state index contributed by atoms with van der Waals surface area (Å²) in [6.45, 7) is 1.21. The number of carbonyl (C=O) groups is 2. The molecule has 1 unspecified atom stereocenters. The highest BCUT2D eigenvalue weighted by atomic mass is 19.4. The lowest BCUT2D eigenvalue weighted by Crippen LogP contribution is -2.45. The van der Waals surface area contributed by atoms with E-state index in [0.29, 0.717) is 11.3 Å². The molecular weight excluding hydrogens is 301 g/mol. The molecule has 118 valence electrons. The van der Waals surface area contributed by atoms with Crippen LogP contribution in [0.4, 0.5) is 13.2 Å². The zero-order valence-corrected chi connectivity index (χ0v) is 11.8. The van der Waals surface area contributed by atoms with Gasteiger partial charge < -0.3 is 14.5 Å². The molecule has 8 heteroatoms. The molecule has 0 spiro atoms. The van der Waals surface area contributed by atoms with Crippen molar-refractivity contribution in [2.45, 2.75) is 19.1 Å². The molecule has 0 aliphatic rings. The number of fused-ring (bicyclic) bond motifs is 1. The summed E-state index contributed by atoms with van der Waals surface area (Å²) in [5.74, 6) is -2.18. The van der Waals surface area contributed by atoms with Crippen LogP contribution in [0.1, 0.15) is 17.3 Å². The van der Waals surface area contributed by atoms with Crippen molar-refractivity contribution >= 4 is 17.2 Å². The van der Waals surface area contributed by atoms with Crippen LogP contribution in [0, 0.1) is 0 Å². The second-order valence-electron chi connectivity index (χ2n) is 4.65. The van der Waals surface area contributed by atoms with Crippen molar-refractivity contribution in [2.24, 2.45) is 0 Å². The van der Waals surface area contributed by atoms with Crippen LogP contribution in [0.25, 0.3) is 5.52 Å². The van der Waals surface area contributed by atoms with Crippen LogP contribution >= 0.6 is 0 Å². The Labute approximate surface area is 123 Å². The molecule has 1 N–H and O–H groups in total. The standard InChI is InChI=1S/C14H13F3N2O3/c1-8(18-13(21)14(15,16)17)12(20)10-5-6-19-7-9(22-2)3-4-11(10)19/h3-8H,1-2H3,(H,18,21). The molecule has 0 fully saturated rings. The van der Waals surface area contributed by atoms with E-state index in [1.807, 2.05) is 0 Å². The van der Waals surface area contributed by atoms with E-state index in [1.54, 1.807) is 34.2 Å². The fourth-order valence-electron chi connectivity index (χ4n) is 2.00. The third-order valence-electron chi connectivity index (χ3n) is 3.13. The van der Waals surface area contributed by atoms with Crippen molar-refractivity contribution in [1.82, 2.24) is 9.72 Å². The molecule has 2 rings (SSSR count). The maximum absolute atomic E-state index is 12.2. The number of ketones is 1. The molecule has 0 aliphatic heterocycles. The highest BCUT2D eigenvalue weighted by Gasteiger charge is 2.40. The van der Waals surface area contributed by atoms with Gasteiger partial charge >= 0.3 is 12.1 Å². The Morgan fingerprint density at radius 2 is 1.95 bits per heavy atom. The van der Waals surface area contributed by atoms with Crippen molar-refractivity contribution in [1.29, 1.82) is 0 Å². The molecule has 2 heterocycles. The Bertz CT molecular complexity index is 722. The van der Waals surface area contributed by atoms with Crippen LogP contribution in [-0.4, -0.2) is 35.4 Å².